The number of hydrogen-bond acceptors (Lipinski definition) is 3. The molecule has 6 nitrogen and oxygen atoms in total. The molecule has 0 saturated heterocycles. The van der Waals surface area contributed by atoms with Gasteiger partial charge in [-0.05, 0) is 63.6 Å². The highest BCUT2D eigenvalue weighted by Crippen LogP contribution is 2.32. The minimum absolute atomic E-state index is 0.275. The summed E-state index contributed by atoms with van der Waals surface area (Å²) in [6, 6.07) is 7.51. The van der Waals surface area contributed by atoms with Crippen LogP contribution in [0.3, 0.4) is 0 Å². The van der Waals surface area contributed by atoms with E-state index in [1.807, 2.05) is 27.7 Å². The Hall–Kier alpha value is -2.28. The number of anilines is 1. The Balaban J connectivity index is 2.08. The van der Waals surface area contributed by atoms with Crippen molar-refractivity contribution in [3.63, 3.8) is 0 Å². The average Bonchev–Trinajstić information content (AvgIpc) is 2.62. The minimum Gasteiger partial charge on any atom is -0.333 e. The van der Waals surface area contributed by atoms with Gasteiger partial charge in [-0.1, -0.05) is 34.8 Å². The van der Waals surface area contributed by atoms with Crippen LogP contribution < -0.4 is 16.2 Å². The maximum absolute atomic E-state index is 12.7. The van der Waals surface area contributed by atoms with Gasteiger partial charge in [0.05, 0.1) is 34.0 Å². The normalized spacial score (nSPS) is 12.6. The number of benzene rings is 2. The van der Waals surface area contributed by atoms with Crippen molar-refractivity contribution in [1.29, 1.82) is 0 Å². The van der Waals surface area contributed by atoms with E-state index in [1.54, 1.807) is 34.9 Å². The summed E-state index contributed by atoms with van der Waals surface area (Å²) in [4.78, 5) is 29.1. The largest absolute Gasteiger partial charge is 0.333 e. The molecule has 1 atom stereocenters. The van der Waals surface area contributed by atoms with Gasteiger partial charge in [-0.3, -0.25) is 9.36 Å². The maximum Gasteiger partial charge on any atom is 0.319 e. The second-order valence-corrected chi connectivity index (χ2v) is 9.21. The molecule has 1 heterocycles. The number of halogens is 3. The number of nitrogens with one attached hydrogen (secondary N) is 2. The van der Waals surface area contributed by atoms with Crippen LogP contribution in [0.4, 0.5) is 10.5 Å². The van der Waals surface area contributed by atoms with Crippen LogP contribution in [0.2, 0.25) is 15.1 Å². The number of hydrogen-bond donors (Lipinski definition) is 2. The van der Waals surface area contributed by atoms with Crippen molar-refractivity contribution in [2.45, 2.75) is 39.3 Å². The minimum atomic E-state index is -0.423. The third kappa shape index (κ3) is 4.89. The first-order valence-corrected chi connectivity index (χ1v) is 10.3. The zero-order valence-electron chi connectivity index (χ0n) is 16.9. The molecule has 2 amide bonds. The summed E-state index contributed by atoms with van der Waals surface area (Å²) in [5, 5.41) is 6.81. The van der Waals surface area contributed by atoms with Crippen molar-refractivity contribution in [2.75, 3.05) is 5.32 Å². The lowest BCUT2D eigenvalue weighted by Gasteiger charge is -2.22. The molecule has 0 bridgehead atoms. The third-order valence-corrected chi connectivity index (χ3v) is 5.30. The van der Waals surface area contributed by atoms with Gasteiger partial charge in [0, 0.05) is 15.6 Å². The number of carbonyl (C=O) groups is 1. The summed E-state index contributed by atoms with van der Waals surface area (Å²) in [7, 11) is 0. The fourth-order valence-corrected chi connectivity index (χ4v) is 3.78. The van der Waals surface area contributed by atoms with Crippen LogP contribution >= 0.6 is 34.8 Å². The molecule has 0 fully saturated rings. The zero-order chi connectivity index (χ0) is 22.2. The number of carbonyl (C=O) groups excluding carboxylic acids is 1. The Morgan fingerprint density at radius 3 is 2.47 bits per heavy atom. The standard InChI is InChI=1S/C21H21Cl3N4O2/c1-11(13-7-12(22)5-6-14(13)23)28-18-8-15(24)16(9-17(18)25-10-19(28)29)26-20(30)27-21(2,3)4/h5-11H,1-4H3,(H2,26,27,30)/t11-/m0/s1. The number of fused-ring (bicyclic) bond motifs is 1. The molecule has 3 aromatic rings. The van der Waals surface area contributed by atoms with E-state index in [1.165, 1.54) is 6.20 Å². The number of aromatic nitrogens is 2. The lowest BCUT2D eigenvalue weighted by Crippen LogP contribution is -2.43. The zero-order valence-corrected chi connectivity index (χ0v) is 19.2. The summed E-state index contributed by atoms with van der Waals surface area (Å²) in [6.45, 7) is 7.46. The van der Waals surface area contributed by atoms with E-state index in [0.29, 0.717) is 32.3 Å². The maximum atomic E-state index is 12.7. The Morgan fingerprint density at radius 1 is 1.10 bits per heavy atom. The van der Waals surface area contributed by atoms with Crippen molar-refractivity contribution >= 4 is 57.6 Å². The summed E-state index contributed by atoms with van der Waals surface area (Å²) in [5.41, 5.74) is 1.37. The van der Waals surface area contributed by atoms with E-state index in [-0.39, 0.29) is 10.6 Å². The molecule has 30 heavy (non-hydrogen) atoms. The summed E-state index contributed by atoms with van der Waals surface area (Å²) >= 11 is 18.9. The quantitative estimate of drug-likeness (QED) is 0.504. The van der Waals surface area contributed by atoms with E-state index in [9.17, 15) is 9.59 Å². The molecular formula is C21H21Cl3N4O2. The van der Waals surface area contributed by atoms with Crippen LogP contribution in [-0.2, 0) is 0 Å². The van der Waals surface area contributed by atoms with Crippen LogP contribution in [0.25, 0.3) is 11.0 Å². The number of nitrogens with zero attached hydrogens (tertiary/aromatic N) is 2. The van der Waals surface area contributed by atoms with Crippen LogP contribution in [0, 0.1) is 0 Å². The number of rotatable bonds is 3. The fourth-order valence-electron chi connectivity index (χ4n) is 3.12. The molecule has 2 aromatic carbocycles. The van der Waals surface area contributed by atoms with E-state index >= 15 is 0 Å². The molecule has 9 heteroatoms. The highest BCUT2D eigenvalue weighted by atomic mass is 35.5. The third-order valence-electron chi connectivity index (χ3n) is 4.41. The van der Waals surface area contributed by atoms with Gasteiger partial charge in [-0.2, -0.15) is 0 Å². The molecule has 158 valence electrons. The monoisotopic (exact) mass is 466 g/mol. The highest BCUT2D eigenvalue weighted by Gasteiger charge is 2.19. The number of urea groups is 1. The van der Waals surface area contributed by atoms with E-state index in [4.69, 9.17) is 34.8 Å². The van der Waals surface area contributed by atoms with E-state index in [2.05, 4.69) is 15.6 Å². The van der Waals surface area contributed by atoms with E-state index in [0.717, 1.165) is 0 Å². The molecule has 0 spiro atoms. The predicted octanol–water partition coefficient (Wildman–Crippen LogP) is 5.89. The molecule has 0 saturated carbocycles. The molecule has 0 aliphatic heterocycles. The Kier molecular flexibility index (Phi) is 6.32. The molecule has 2 N–H and O–H groups in total. The van der Waals surface area contributed by atoms with Crippen molar-refractivity contribution in [3.05, 3.63) is 67.5 Å². The molecule has 3 rings (SSSR count). The molecule has 0 aliphatic rings. The van der Waals surface area contributed by atoms with Gasteiger partial charge in [-0.25, -0.2) is 9.78 Å². The van der Waals surface area contributed by atoms with Gasteiger partial charge in [0.15, 0.2) is 0 Å². The van der Waals surface area contributed by atoms with Crippen molar-refractivity contribution in [1.82, 2.24) is 14.9 Å². The van der Waals surface area contributed by atoms with Gasteiger partial charge >= 0.3 is 6.03 Å². The van der Waals surface area contributed by atoms with Crippen LogP contribution in [0.5, 0.6) is 0 Å². The van der Waals surface area contributed by atoms with Crippen molar-refractivity contribution < 1.29 is 4.79 Å². The van der Waals surface area contributed by atoms with Gasteiger partial charge in [-0.15, -0.1) is 0 Å². The molecular weight excluding hydrogens is 447 g/mol. The van der Waals surface area contributed by atoms with E-state index < -0.39 is 17.6 Å². The molecule has 1 aromatic heterocycles. The SMILES string of the molecule is C[C@@H](c1cc(Cl)ccc1Cl)n1c(=O)cnc2cc(NC(=O)NC(C)(C)C)c(Cl)cc21. The second kappa shape index (κ2) is 8.46. The van der Waals surface area contributed by atoms with Gasteiger partial charge in [0.2, 0.25) is 0 Å². The first-order valence-electron chi connectivity index (χ1n) is 9.21. The second-order valence-electron chi connectivity index (χ2n) is 7.96. The summed E-state index contributed by atoms with van der Waals surface area (Å²) in [5.74, 6) is 0. The van der Waals surface area contributed by atoms with Crippen molar-refractivity contribution in [2.24, 2.45) is 0 Å². The van der Waals surface area contributed by atoms with Gasteiger partial charge in [0.25, 0.3) is 5.56 Å². The first kappa shape index (κ1) is 22.4. The number of amides is 2. The topological polar surface area (TPSA) is 76.0 Å². The fraction of sp³-hybridized carbons (Fsp3) is 0.286. The first-order chi connectivity index (χ1) is 14.0. The molecule has 0 radical (unpaired) electrons. The Bertz CT molecular complexity index is 1190. The average molecular weight is 468 g/mol. The van der Waals surface area contributed by atoms with Crippen LogP contribution in [0.15, 0.2) is 41.3 Å². The van der Waals surface area contributed by atoms with Crippen molar-refractivity contribution in [3.8, 4) is 0 Å². The van der Waals surface area contributed by atoms with Crippen LogP contribution in [-0.4, -0.2) is 21.1 Å². The lowest BCUT2D eigenvalue weighted by atomic mass is 10.1. The Morgan fingerprint density at radius 2 is 1.80 bits per heavy atom. The van der Waals surface area contributed by atoms with Gasteiger partial charge < -0.3 is 10.6 Å². The van der Waals surface area contributed by atoms with Crippen LogP contribution in [0.1, 0.15) is 39.3 Å². The highest BCUT2D eigenvalue weighted by molar-refractivity contribution is 6.34. The molecule has 0 aliphatic carbocycles. The predicted molar refractivity (Wildman–Crippen MR) is 123 cm³/mol. The lowest BCUT2D eigenvalue weighted by molar-refractivity contribution is 0.244. The van der Waals surface area contributed by atoms with Gasteiger partial charge in [0.1, 0.15) is 0 Å². The molecule has 0 unspecified atom stereocenters. The Labute approximate surface area is 189 Å². The summed E-state index contributed by atoms with van der Waals surface area (Å²) in [6.07, 6.45) is 1.23. The smallest absolute Gasteiger partial charge is 0.319 e. The summed E-state index contributed by atoms with van der Waals surface area (Å²) < 4.78 is 1.55.